The summed E-state index contributed by atoms with van der Waals surface area (Å²) < 4.78 is 23.5. The van der Waals surface area contributed by atoms with Gasteiger partial charge in [0, 0.05) is 21.6 Å². The van der Waals surface area contributed by atoms with Gasteiger partial charge in [-0.05, 0) is 28.1 Å². The normalized spacial score (nSPS) is 11.7. The molecular formula is C8H7Br2ClO2S. The number of sulfone groups is 1. The van der Waals surface area contributed by atoms with Gasteiger partial charge in [0.1, 0.15) is 0 Å². The molecule has 0 aliphatic carbocycles. The maximum atomic E-state index is 11.4. The number of halogens is 3. The molecule has 14 heavy (non-hydrogen) atoms. The summed E-state index contributed by atoms with van der Waals surface area (Å²) in [7, 11) is -3.22. The first-order valence-corrected chi connectivity index (χ1v) is 7.79. The number of hydrogen-bond acceptors (Lipinski definition) is 2. The average molecular weight is 362 g/mol. The largest absolute Gasteiger partial charge is 0.224 e. The third kappa shape index (κ3) is 2.51. The lowest BCUT2D eigenvalue weighted by molar-refractivity contribution is 0.601. The minimum Gasteiger partial charge on any atom is -0.224 e. The van der Waals surface area contributed by atoms with E-state index in [2.05, 4.69) is 31.9 Å². The molecule has 6 heteroatoms. The molecule has 1 aromatic carbocycles. The van der Waals surface area contributed by atoms with Gasteiger partial charge < -0.3 is 0 Å². The van der Waals surface area contributed by atoms with Crippen LogP contribution in [0, 0.1) is 0 Å². The first-order chi connectivity index (χ1) is 6.38. The van der Waals surface area contributed by atoms with Gasteiger partial charge in [-0.1, -0.05) is 27.5 Å². The summed E-state index contributed by atoms with van der Waals surface area (Å²) in [6.45, 7) is 0. The van der Waals surface area contributed by atoms with Gasteiger partial charge in [-0.25, -0.2) is 8.42 Å². The maximum Gasteiger partial charge on any atom is 0.175 e. The van der Waals surface area contributed by atoms with Crippen LogP contribution in [0.2, 0.25) is 5.02 Å². The zero-order valence-corrected chi connectivity index (χ0v) is 12.0. The van der Waals surface area contributed by atoms with Crippen molar-refractivity contribution in [2.24, 2.45) is 0 Å². The van der Waals surface area contributed by atoms with E-state index in [1.54, 1.807) is 12.1 Å². The Morgan fingerprint density at radius 1 is 1.43 bits per heavy atom. The molecule has 1 rings (SSSR count). The maximum absolute atomic E-state index is 11.4. The van der Waals surface area contributed by atoms with Crippen molar-refractivity contribution in [2.45, 2.75) is 10.2 Å². The Labute approximate surface area is 105 Å². The average Bonchev–Trinajstić information content (AvgIpc) is 2.07. The van der Waals surface area contributed by atoms with Crippen molar-refractivity contribution in [3.8, 4) is 0 Å². The first kappa shape index (κ1) is 12.5. The van der Waals surface area contributed by atoms with Gasteiger partial charge in [-0.2, -0.15) is 0 Å². The monoisotopic (exact) mass is 360 g/mol. The molecule has 0 aliphatic rings. The summed E-state index contributed by atoms with van der Waals surface area (Å²) in [6.07, 6.45) is 1.17. The Morgan fingerprint density at radius 2 is 2.00 bits per heavy atom. The summed E-state index contributed by atoms with van der Waals surface area (Å²) >= 11 is 12.4. The Bertz CT molecular complexity index is 457. The van der Waals surface area contributed by atoms with Gasteiger partial charge in [-0.3, -0.25) is 0 Å². The SMILES string of the molecule is CS(=O)(=O)c1ccc(Br)c(Cl)c1CBr. The third-order valence-electron chi connectivity index (χ3n) is 1.69. The molecule has 0 aliphatic heterocycles. The lowest BCUT2D eigenvalue weighted by Crippen LogP contribution is -2.02. The Balaban J connectivity index is 3.55. The van der Waals surface area contributed by atoms with Crippen molar-refractivity contribution in [3.63, 3.8) is 0 Å². The van der Waals surface area contributed by atoms with Crippen LogP contribution in [0.25, 0.3) is 0 Å². The zero-order chi connectivity index (χ0) is 10.9. The van der Waals surface area contributed by atoms with E-state index in [0.29, 0.717) is 20.4 Å². The standard InChI is InChI=1S/C8H7Br2ClO2S/c1-14(12,13)7-3-2-6(10)8(11)5(7)4-9/h2-3H,4H2,1H3. The van der Waals surface area contributed by atoms with Crippen molar-refractivity contribution in [3.05, 3.63) is 27.2 Å². The van der Waals surface area contributed by atoms with Crippen LogP contribution in [0.15, 0.2) is 21.5 Å². The van der Waals surface area contributed by atoms with Crippen LogP contribution in [-0.4, -0.2) is 14.7 Å². The highest BCUT2D eigenvalue weighted by Gasteiger charge is 2.16. The molecule has 0 amide bonds. The molecule has 0 radical (unpaired) electrons. The van der Waals surface area contributed by atoms with Crippen molar-refractivity contribution in [1.29, 1.82) is 0 Å². The molecule has 0 N–H and O–H groups in total. The van der Waals surface area contributed by atoms with E-state index in [1.165, 1.54) is 6.26 Å². The minimum atomic E-state index is -3.22. The van der Waals surface area contributed by atoms with E-state index >= 15 is 0 Å². The smallest absolute Gasteiger partial charge is 0.175 e. The van der Waals surface area contributed by atoms with Crippen molar-refractivity contribution >= 4 is 53.3 Å². The molecule has 0 spiro atoms. The third-order valence-corrected chi connectivity index (χ3v) is 4.75. The molecule has 0 atom stereocenters. The van der Waals surface area contributed by atoms with Crippen LogP contribution < -0.4 is 0 Å². The van der Waals surface area contributed by atoms with Gasteiger partial charge in [0.2, 0.25) is 0 Å². The summed E-state index contributed by atoms with van der Waals surface area (Å²) in [4.78, 5) is 0.266. The number of alkyl halides is 1. The fourth-order valence-corrected chi connectivity index (χ4v) is 3.57. The second-order valence-corrected chi connectivity index (χ2v) is 6.52. The molecule has 0 fully saturated rings. The second-order valence-electron chi connectivity index (χ2n) is 2.74. The highest BCUT2D eigenvalue weighted by atomic mass is 79.9. The highest BCUT2D eigenvalue weighted by Crippen LogP contribution is 2.32. The Morgan fingerprint density at radius 3 is 2.43 bits per heavy atom. The fourth-order valence-electron chi connectivity index (χ4n) is 1.05. The second kappa shape index (κ2) is 4.51. The van der Waals surface area contributed by atoms with Gasteiger partial charge in [0.25, 0.3) is 0 Å². The summed E-state index contributed by atoms with van der Waals surface area (Å²) in [5.41, 5.74) is 0.587. The van der Waals surface area contributed by atoms with Crippen molar-refractivity contribution in [1.82, 2.24) is 0 Å². The summed E-state index contributed by atoms with van der Waals surface area (Å²) in [5.74, 6) is 0. The lowest BCUT2D eigenvalue weighted by atomic mass is 10.2. The minimum absolute atomic E-state index is 0.266. The topological polar surface area (TPSA) is 34.1 Å². The van der Waals surface area contributed by atoms with Crippen molar-refractivity contribution in [2.75, 3.05) is 6.26 Å². The molecule has 1 aromatic rings. The van der Waals surface area contributed by atoms with Crippen LogP contribution in [0.3, 0.4) is 0 Å². The molecular weight excluding hydrogens is 355 g/mol. The predicted molar refractivity (Wildman–Crippen MR) is 64.9 cm³/mol. The van der Waals surface area contributed by atoms with Crippen LogP contribution >= 0.6 is 43.5 Å². The van der Waals surface area contributed by atoms with Crippen LogP contribution in [0.1, 0.15) is 5.56 Å². The van der Waals surface area contributed by atoms with Crippen LogP contribution in [0.5, 0.6) is 0 Å². The number of hydrogen-bond donors (Lipinski definition) is 0. The molecule has 0 aromatic heterocycles. The molecule has 0 saturated heterocycles. The van der Waals surface area contributed by atoms with E-state index in [-0.39, 0.29) is 4.90 Å². The van der Waals surface area contributed by atoms with Gasteiger partial charge in [0.15, 0.2) is 9.84 Å². The van der Waals surface area contributed by atoms with E-state index in [4.69, 9.17) is 11.6 Å². The quantitative estimate of drug-likeness (QED) is 0.756. The number of rotatable bonds is 2. The first-order valence-electron chi connectivity index (χ1n) is 3.61. The molecule has 2 nitrogen and oxygen atoms in total. The van der Waals surface area contributed by atoms with Crippen LogP contribution in [-0.2, 0) is 15.2 Å². The van der Waals surface area contributed by atoms with Crippen LogP contribution in [0.4, 0.5) is 0 Å². The van der Waals surface area contributed by atoms with E-state index in [1.807, 2.05) is 0 Å². The Hall–Kier alpha value is 0.420. The Kier molecular flexibility index (Phi) is 4.03. The number of benzene rings is 1. The van der Waals surface area contributed by atoms with E-state index in [0.717, 1.165) is 0 Å². The molecule has 0 unspecified atom stereocenters. The molecule has 78 valence electrons. The van der Waals surface area contributed by atoms with Crippen molar-refractivity contribution < 1.29 is 8.42 Å². The highest BCUT2D eigenvalue weighted by molar-refractivity contribution is 9.10. The van der Waals surface area contributed by atoms with Gasteiger partial charge in [0.05, 0.1) is 9.92 Å². The summed E-state index contributed by atoms with van der Waals surface area (Å²) in [6, 6.07) is 3.17. The van der Waals surface area contributed by atoms with Gasteiger partial charge >= 0.3 is 0 Å². The molecule has 0 heterocycles. The molecule has 0 saturated carbocycles. The molecule has 0 bridgehead atoms. The summed E-state index contributed by atoms with van der Waals surface area (Å²) in [5, 5.41) is 0.845. The van der Waals surface area contributed by atoms with E-state index < -0.39 is 9.84 Å². The lowest BCUT2D eigenvalue weighted by Gasteiger charge is -2.08. The zero-order valence-electron chi connectivity index (χ0n) is 7.22. The predicted octanol–water partition coefficient (Wildman–Crippen LogP) is 3.40. The fraction of sp³-hybridized carbons (Fsp3) is 0.250. The van der Waals surface area contributed by atoms with E-state index in [9.17, 15) is 8.42 Å². The van der Waals surface area contributed by atoms with Gasteiger partial charge in [-0.15, -0.1) is 0 Å².